The minimum Gasteiger partial charge on any atom is -0.0683 e. The summed E-state index contributed by atoms with van der Waals surface area (Å²) >= 11 is 0. The Morgan fingerprint density at radius 3 is 1.10 bits per heavy atom. The van der Waals surface area contributed by atoms with Crippen molar-refractivity contribution in [3.63, 3.8) is 0 Å². The summed E-state index contributed by atoms with van der Waals surface area (Å²) in [5, 5.41) is 0. The Bertz CT molecular complexity index is 47.1. The SMILES string of the molecule is CC.CC1(C)CC1.CCC. The van der Waals surface area contributed by atoms with Crippen LogP contribution in [0.15, 0.2) is 0 Å². The average molecular weight is 144 g/mol. The summed E-state index contributed by atoms with van der Waals surface area (Å²) in [6.45, 7) is 12.8. The van der Waals surface area contributed by atoms with Crippen LogP contribution in [-0.4, -0.2) is 0 Å². The van der Waals surface area contributed by atoms with Crippen LogP contribution in [0.1, 0.15) is 60.8 Å². The molecule has 1 aliphatic carbocycles. The van der Waals surface area contributed by atoms with Gasteiger partial charge in [0.05, 0.1) is 0 Å². The van der Waals surface area contributed by atoms with Crippen LogP contribution in [0.2, 0.25) is 0 Å². The molecule has 0 saturated heterocycles. The minimum absolute atomic E-state index is 0.750. The van der Waals surface area contributed by atoms with Gasteiger partial charge in [0.2, 0.25) is 0 Å². The van der Waals surface area contributed by atoms with Crippen LogP contribution in [0, 0.1) is 5.41 Å². The van der Waals surface area contributed by atoms with Crippen LogP contribution in [-0.2, 0) is 0 Å². The first-order chi connectivity index (χ1) is 4.62. The van der Waals surface area contributed by atoms with Crippen LogP contribution in [0.25, 0.3) is 0 Å². The molecule has 64 valence electrons. The molecular formula is C10H24. The molecule has 0 aromatic rings. The number of rotatable bonds is 0. The predicted molar refractivity (Wildman–Crippen MR) is 50.3 cm³/mol. The molecule has 1 fully saturated rings. The zero-order valence-corrected chi connectivity index (χ0v) is 8.62. The van der Waals surface area contributed by atoms with E-state index in [4.69, 9.17) is 0 Å². The van der Waals surface area contributed by atoms with E-state index in [2.05, 4.69) is 27.7 Å². The molecule has 0 aliphatic heterocycles. The van der Waals surface area contributed by atoms with Crippen LogP contribution in [0.3, 0.4) is 0 Å². The van der Waals surface area contributed by atoms with Gasteiger partial charge < -0.3 is 0 Å². The monoisotopic (exact) mass is 144 g/mol. The Kier molecular flexibility index (Phi) is 9.00. The Morgan fingerprint density at radius 2 is 1.10 bits per heavy atom. The van der Waals surface area contributed by atoms with E-state index < -0.39 is 0 Å². The summed E-state index contributed by atoms with van der Waals surface area (Å²) in [5.74, 6) is 0. The van der Waals surface area contributed by atoms with Gasteiger partial charge in [0.25, 0.3) is 0 Å². The van der Waals surface area contributed by atoms with Crippen molar-refractivity contribution in [1.29, 1.82) is 0 Å². The zero-order valence-electron chi connectivity index (χ0n) is 8.62. The lowest BCUT2D eigenvalue weighted by atomic mass is 10.2. The first-order valence-electron chi connectivity index (χ1n) is 4.62. The van der Waals surface area contributed by atoms with Crippen molar-refractivity contribution in [3.05, 3.63) is 0 Å². The van der Waals surface area contributed by atoms with E-state index >= 15 is 0 Å². The summed E-state index contributed by atoms with van der Waals surface area (Å²) < 4.78 is 0. The highest BCUT2D eigenvalue weighted by Gasteiger charge is 2.30. The van der Waals surface area contributed by atoms with Gasteiger partial charge >= 0.3 is 0 Å². The summed E-state index contributed by atoms with van der Waals surface area (Å²) in [6, 6.07) is 0. The van der Waals surface area contributed by atoms with Crippen LogP contribution in [0.5, 0.6) is 0 Å². The van der Waals surface area contributed by atoms with Crippen LogP contribution < -0.4 is 0 Å². The summed E-state index contributed by atoms with van der Waals surface area (Å²) in [5.41, 5.74) is 0.750. The topological polar surface area (TPSA) is 0 Å². The molecule has 1 rings (SSSR count). The lowest BCUT2D eigenvalue weighted by Gasteiger charge is -1.86. The van der Waals surface area contributed by atoms with Crippen LogP contribution >= 0.6 is 0 Å². The molecule has 0 unspecified atom stereocenters. The number of hydrogen-bond donors (Lipinski definition) is 0. The first-order valence-corrected chi connectivity index (χ1v) is 4.62. The second kappa shape index (κ2) is 7.11. The average Bonchev–Trinajstić information content (AvgIpc) is 2.54. The molecule has 10 heavy (non-hydrogen) atoms. The third-order valence-corrected chi connectivity index (χ3v) is 1.25. The molecule has 1 saturated carbocycles. The zero-order chi connectivity index (χ0) is 8.62. The Balaban J connectivity index is 0. The molecule has 1 aliphatic rings. The fourth-order valence-corrected chi connectivity index (χ4v) is 0.250. The summed E-state index contributed by atoms with van der Waals surface area (Å²) in [6.07, 6.45) is 4.15. The second-order valence-electron chi connectivity index (χ2n) is 3.37. The van der Waals surface area contributed by atoms with Gasteiger partial charge in [-0.1, -0.05) is 48.0 Å². The van der Waals surface area contributed by atoms with Gasteiger partial charge in [0.1, 0.15) is 0 Å². The van der Waals surface area contributed by atoms with Crippen molar-refractivity contribution in [2.24, 2.45) is 5.41 Å². The van der Waals surface area contributed by atoms with Gasteiger partial charge in [-0.05, 0) is 18.3 Å². The van der Waals surface area contributed by atoms with Crippen LogP contribution in [0.4, 0.5) is 0 Å². The molecule has 0 radical (unpaired) electrons. The van der Waals surface area contributed by atoms with Crippen molar-refractivity contribution < 1.29 is 0 Å². The van der Waals surface area contributed by atoms with Crippen molar-refractivity contribution in [1.82, 2.24) is 0 Å². The molecule has 0 atom stereocenters. The molecule has 0 bridgehead atoms. The highest BCUT2D eigenvalue weighted by atomic mass is 14.4. The minimum atomic E-state index is 0.750. The van der Waals surface area contributed by atoms with Crippen molar-refractivity contribution in [2.45, 2.75) is 60.8 Å². The largest absolute Gasteiger partial charge is 0.0683 e. The predicted octanol–water partition coefficient (Wildman–Crippen LogP) is 4.25. The third kappa shape index (κ3) is 15.7. The lowest BCUT2D eigenvalue weighted by molar-refractivity contribution is 0.653. The van der Waals surface area contributed by atoms with E-state index in [1.165, 1.54) is 19.3 Å². The molecule has 0 aromatic carbocycles. The smallest absolute Gasteiger partial charge is 0.0354 e. The molecule has 0 N–H and O–H groups in total. The second-order valence-corrected chi connectivity index (χ2v) is 3.37. The maximum Gasteiger partial charge on any atom is -0.0354 e. The van der Waals surface area contributed by atoms with Crippen molar-refractivity contribution in [2.75, 3.05) is 0 Å². The normalized spacial score (nSPS) is 17.4. The lowest BCUT2D eigenvalue weighted by Crippen LogP contribution is -1.75. The highest BCUT2D eigenvalue weighted by Crippen LogP contribution is 2.43. The molecule has 0 nitrogen and oxygen atoms in total. The molecule has 0 amide bonds. The van der Waals surface area contributed by atoms with E-state index in [1.807, 2.05) is 13.8 Å². The Hall–Kier alpha value is 0. The van der Waals surface area contributed by atoms with Gasteiger partial charge in [-0.15, -0.1) is 0 Å². The van der Waals surface area contributed by atoms with E-state index in [9.17, 15) is 0 Å². The maximum atomic E-state index is 2.30. The van der Waals surface area contributed by atoms with Gasteiger partial charge in [-0.25, -0.2) is 0 Å². The molecular weight excluding hydrogens is 120 g/mol. The molecule has 0 heterocycles. The van der Waals surface area contributed by atoms with Gasteiger partial charge in [-0.3, -0.25) is 0 Å². The van der Waals surface area contributed by atoms with E-state index in [1.54, 1.807) is 0 Å². The fourth-order valence-electron chi connectivity index (χ4n) is 0.250. The standard InChI is InChI=1S/C5H10.C3H8.C2H6/c1-5(2)3-4-5;1-3-2;1-2/h3-4H2,1-2H3;3H2,1-2H3;1-2H3. The van der Waals surface area contributed by atoms with Crippen molar-refractivity contribution >= 4 is 0 Å². The Morgan fingerprint density at radius 1 is 1.00 bits per heavy atom. The van der Waals surface area contributed by atoms with Crippen molar-refractivity contribution in [3.8, 4) is 0 Å². The molecule has 0 heteroatoms. The van der Waals surface area contributed by atoms with E-state index in [-0.39, 0.29) is 0 Å². The number of hydrogen-bond acceptors (Lipinski definition) is 0. The molecule has 0 aromatic heterocycles. The van der Waals surface area contributed by atoms with Gasteiger partial charge in [0.15, 0.2) is 0 Å². The summed E-state index contributed by atoms with van der Waals surface area (Å²) in [4.78, 5) is 0. The maximum absolute atomic E-state index is 2.30. The third-order valence-electron chi connectivity index (χ3n) is 1.25. The highest BCUT2D eigenvalue weighted by molar-refractivity contribution is 4.82. The van der Waals surface area contributed by atoms with Gasteiger partial charge in [-0.2, -0.15) is 0 Å². The van der Waals surface area contributed by atoms with Gasteiger partial charge in [0, 0.05) is 0 Å². The van der Waals surface area contributed by atoms with E-state index in [0.717, 1.165) is 5.41 Å². The Labute approximate surface area is 67.0 Å². The fraction of sp³-hybridized carbons (Fsp3) is 1.00. The molecule has 0 spiro atoms. The quantitative estimate of drug-likeness (QED) is 0.477. The first kappa shape index (κ1) is 12.7. The van der Waals surface area contributed by atoms with E-state index in [0.29, 0.717) is 0 Å². The summed E-state index contributed by atoms with van der Waals surface area (Å²) in [7, 11) is 0.